The van der Waals surface area contributed by atoms with Crippen molar-refractivity contribution in [3.8, 4) is 0 Å². The molecule has 0 N–H and O–H groups in total. The van der Waals surface area contributed by atoms with E-state index in [0.29, 0.717) is 30.4 Å². The van der Waals surface area contributed by atoms with E-state index in [4.69, 9.17) is 9.72 Å². The number of aromatic nitrogens is 1. The standard InChI is InChI=1S/C25H31BrN4O4S2.ClH/c1-28(2)13-5-14-30(25-27-22-12-9-19(26)16-23(22)35-25)24(31)18-7-10-21(11-8-18)36(32,33)29(3)17-20-6-4-15-34-20;/h7-12,16,20H,4-6,13-15,17H2,1-3H3;1H. The minimum absolute atomic E-state index is 0. The van der Waals surface area contributed by atoms with Crippen molar-refractivity contribution in [3.05, 3.63) is 52.5 Å². The van der Waals surface area contributed by atoms with Gasteiger partial charge in [0, 0.05) is 36.8 Å². The first-order chi connectivity index (χ1) is 17.1. The van der Waals surface area contributed by atoms with Crippen molar-refractivity contribution in [2.24, 2.45) is 0 Å². The number of anilines is 1. The van der Waals surface area contributed by atoms with E-state index in [1.165, 1.54) is 27.8 Å². The summed E-state index contributed by atoms with van der Waals surface area (Å²) in [5.74, 6) is -0.205. The largest absolute Gasteiger partial charge is 0.377 e. The Morgan fingerprint density at radius 2 is 1.86 bits per heavy atom. The molecule has 202 valence electrons. The first-order valence-electron chi connectivity index (χ1n) is 11.9. The molecule has 1 aliphatic heterocycles. The second-order valence-electron chi connectivity index (χ2n) is 9.17. The molecule has 2 aromatic carbocycles. The van der Waals surface area contributed by atoms with Gasteiger partial charge in [-0.2, -0.15) is 4.31 Å². The number of ether oxygens (including phenoxy) is 1. The monoisotopic (exact) mass is 630 g/mol. The highest BCUT2D eigenvalue weighted by Gasteiger charge is 2.27. The summed E-state index contributed by atoms with van der Waals surface area (Å²) in [5, 5.41) is 0.625. The van der Waals surface area contributed by atoms with Crippen LogP contribution in [0, 0.1) is 0 Å². The average Bonchev–Trinajstić information content (AvgIpc) is 3.50. The summed E-state index contributed by atoms with van der Waals surface area (Å²) in [7, 11) is 1.88. The number of thiazole rings is 1. The summed E-state index contributed by atoms with van der Waals surface area (Å²) in [4.78, 5) is 22.2. The van der Waals surface area contributed by atoms with Crippen LogP contribution < -0.4 is 4.90 Å². The Hall–Kier alpha value is -1.60. The Morgan fingerprint density at radius 3 is 2.51 bits per heavy atom. The van der Waals surface area contributed by atoms with E-state index in [0.717, 1.165) is 40.5 Å². The van der Waals surface area contributed by atoms with Crippen LogP contribution in [0.5, 0.6) is 0 Å². The van der Waals surface area contributed by atoms with Crippen molar-refractivity contribution in [3.63, 3.8) is 0 Å². The number of hydrogen-bond donors (Lipinski definition) is 0. The predicted molar refractivity (Wildman–Crippen MR) is 155 cm³/mol. The SMILES string of the molecule is CN(C)CCCN(C(=O)c1ccc(S(=O)(=O)N(C)CC2CCCO2)cc1)c1nc2ccc(Br)cc2s1.Cl. The molecule has 1 aromatic heterocycles. The van der Waals surface area contributed by atoms with Gasteiger partial charge in [-0.25, -0.2) is 13.4 Å². The van der Waals surface area contributed by atoms with Gasteiger partial charge < -0.3 is 9.64 Å². The number of hydrogen-bond acceptors (Lipinski definition) is 7. The molecule has 0 saturated carbocycles. The molecule has 12 heteroatoms. The van der Waals surface area contributed by atoms with Crippen LogP contribution in [-0.4, -0.2) is 82.0 Å². The van der Waals surface area contributed by atoms with Gasteiger partial charge in [0.05, 0.1) is 21.2 Å². The molecule has 1 atom stereocenters. The van der Waals surface area contributed by atoms with Crippen LogP contribution in [0.2, 0.25) is 0 Å². The van der Waals surface area contributed by atoms with Crippen LogP contribution in [0.4, 0.5) is 5.13 Å². The number of amides is 1. The molecule has 1 unspecified atom stereocenters. The normalized spacial score (nSPS) is 15.9. The van der Waals surface area contributed by atoms with Crippen molar-refractivity contribution in [1.29, 1.82) is 0 Å². The number of carbonyl (C=O) groups excluding carboxylic acids is 1. The summed E-state index contributed by atoms with van der Waals surface area (Å²) in [5.41, 5.74) is 1.25. The van der Waals surface area contributed by atoms with Gasteiger partial charge in [0.1, 0.15) is 0 Å². The van der Waals surface area contributed by atoms with E-state index in [1.54, 1.807) is 24.1 Å². The van der Waals surface area contributed by atoms with Crippen molar-refractivity contribution in [2.45, 2.75) is 30.3 Å². The van der Waals surface area contributed by atoms with Crippen LogP contribution in [0.15, 0.2) is 51.8 Å². The number of rotatable bonds is 10. The quantitative estimate of drug-likeness (QED) is 0.317. The Morgan fingerprint density at radius 1 is 1.14 bits per heavy atom. The van der Waals surface area contributed by atoms with Gasteiger partial charge in [-0.3, -0.25) is 9.69 Å². The Labute approximate surface area is 237 Å². The molecule has 1 aliphatic rings. The third kappa shape index (κ3) is 7.29. The number of sulfonamides is 1. The van der Waals surface area contributed by atoms with Crippen molar-refractivity contribution in [2.75, 3.05) is 52.3 Å². The van der Waals surface area contributed by atoms with E-state index in [9.17, 15) is 13.2 Å². The topological polar surface area (TPSA) is 83.1 Å². The molecule has 1 saturated heterocycles. The molecule has 3 aromatic rings. The second-order valence-corrected chi connectivity index (χ2v) is 13.1. The lowest BCUT2D eigenvalue weighted by Gasteiger charge is -2.22. The summed E-state index contributed by atoms with van der Waals surface area (Å²) in [6, 6.07) is 12.0. The van der Waals surface area contributed by atoms with Gasteiger partial charge in [0.15, 0.2) is 5.13 Å². The van der Waals surface area contributed by atoms with Crippen LogP contribution in [0.3, 0.4) is 0 Å². The zero-order chi connectivity index (χ0) is 25.9. The maximum atomic E-state index is 13.6. The Balaban J connectivity index is 0.00000380. The first kappa shape index (κ1) is 29.9. The molecule has 37 heavy (non-hydrogen) atoms. The lowest BCUT2D eigenvalue weighted by atomic mass is 10.2. The first-order valence-corrected chi connectivity index (χ1v) is 14.9. The molecule has 0 bridgehead atoms. The van der Waals surface area contributed by atoms with Crippen molar-refractivity contribution >= 4 is 71.0 Å². The zero-order valence-corrected chi connectivity index (χ0v) is 25.1. The molecular weight excluding hydrogens is 600 g/mol. The fourth-order valence-electron chi connectivity index (χ4n) is 4.11. The van der Waals surface area contributed by atoms with Gasteiger partial charge in [-0.15, -0.1) is 12.4 Å². The lowest BCUT2D eigenvalue weighted by Crippen LogP contribution is -2.34. The molecule has 2 heterocycles. The zero-order valence-electron chi connectivity index (χ0n) is 21.1. The highest BCUT2D eigenvalue weighted by Crippen LogP contribution is 2.32. The molecule has 4 rings (SSSR count). The second kappa shape index (κ2) is 13.0. The van der Waals surface area contributed by atoms with E-state index in [-0.39, 0.29) is 29.3 Å². The third-order valence-corrected chi connectivity index (χ3v) is 9.47. The summed E-state index contributed by atoms with van der Waals surface area (Å²) in [6.07, 6.45) is 2.51. The summed E-state index contributed by atoms with van der Waals surface area (Å²) in [6.45, 7) is 2.32. The van der Waals surface area contributed by atoms with Crippen molar-refractivity contribution in [1.82, 2.24) is 14.2 Å². The van der Waals surface area contributed by atoms with Gasteiger partial charge in [0.2, 0.25) is 10.0 Å². The van der Waals surface area contributed by atoms with E-state index >= 15 is 0 Å². The maximum absolute atomic E-state index is 13.6. The molecule has 8 nitrogen and oxygen atoms in total. The number of nitrogens with zero attached hydrogens (tertiary/aromatic N) is 4. The number of halogens is 2. The van der Waals surface area contributed by atoms with Gasteiger partial charge in [0.25, 0.3) is 5.91 Å². The minimum atomic E-state index is -3.68. The van der Waals surface area contributed by atoms with E-state index in [2.05, 4.69) is 20.8 Å². The summed E-state index contributed by atoms with van der Waals surface area (Å²) < 4.78 is 34.9. The fraction of sp³-hybridized carbons (Fsp3) is 0.440. The predicted octanol–water partition coefficient (Wildman–Crippen LogP) is 4.88. The lowest BCUT2D eigenvalue weighted by molar-refractivity contribution is 0.0978. The Kier molecular flexibility index (Phi) is 10.5. The number of fused-ring (bicyclic) bond motifs is 1. The smallest absolute Gasteiger partial charge is 0.260 e. The molecule has 0 radical (unpaired) electrons. The maximum Gasteiger partial charge on any atom is 0.260 e. The number of benzene rings is 2. The molecule has 1 amide bonds. The average molecular weight is 632 g/mol. The van der Waals surface area contributed by atoms with Crippen molar-refractivity contribution < 1.29 is 17.9 Å². The third-order valence-electron chi connectivity index (χ3n) is 6.10. The molecule has 0 aliphatic carbocycles. The van der Waals surface area contributed by atoms with Gasteiger partial charge >= 0.3 is 0 Å². The number of likely N-dealkylation sites (N-methyl/N-ethyl adjacent to an activating group) is 1. The van der Waals surface area contributed by atoms with Crippen LogP contribution in [0.1, 0.15) is 29.6 Å². The van der Waals surface area contributed by atoms with Crippen LogP contribution in [-0.2, 0) is 14.8 Å². The van der Waals surface area contributed by atoms with Crippen LogP contribution >= 0.6 is 39.7 Å². The van der Waals surface area contributed by atoms with Gasteiger partial charge in [-0.1, -0.05) is 27.3 Å². The molecule has 1 fully saturated rings. The Bertz CT molecular complexity index is 1310. The van der Waals surface area contributed by atoms with Gasteiger partial charge in [-0.05, 0) is 82.4 Å². The van der Waals surface area contributed by atoms with E-state index < -0.39 is 10.0 Å². The fourth-order valence-corrected chi connectivity index (χ4v) is 6.85. The van der Waals surface area contributed by atoms with E-state index in [1.807, 2.05) is 32.3 Å². The molecular formula is C25H32BrClN4O4S2. The molecule has 0 spiro atoms. The highest BCUT2D eigenvalue weighted by atomic mass is 79.9. The van der Waals surface area contributed by atoms with Crippen LogP contribution in [0.25, 0.3) is 10.2 Å². The summed E-state index contributed by atoms with van der Waals surface area (Å²) >= 11 is 4.96. The number of carbonyl (C=O) groups is 1. The minimum Gasteiger partial charge on any atom is -0.377 e. The highest BCUT2D eigenvalue weighted by molar-refractivity contribution is 9.10.